The second-order valence-electron chi connectivity index (χ2n) is 8.99. The Morgan fingerprint density at radius 2 is 1.96 bits per heavy atom. The lowest BCUT2D eigenvalue weighted by atomic mass is 9.63. The van der Waals surface area contributed by atoms with Gasteiger partial charge in [-0.3, -0.25) is 0 Å². The fourth-order valence-corrected chi connectivity index (χ4v) is 4.05. The maximum absolute atomic E-state index is 12.4. The lowest BCUT2D eigenvalue weighted by molar-refractivity contribution is -0.137. The van der Waals surface area contributed by atoms with Crippen LogP contribution in [0.25, 0.3) is 0 Å². The molecule has 6 nitrogen and oxygen atoms in total. The van der Waals surface area contributed by atoms with Gasteiger partial charge in [0.15, 0.2) is 0 Å². The van der Waals surface area contributed by atoms with Crippen molar-refractivity contribution in [1.82, 2.24) is 10.2 Å². The average Bonchev–Trinajstić information content (AvgIpc) is 3.14. The summed E-state index contributed by atoms with van der Waals surface area (Å²) in [5, 5.41) is 3.77. The van der Waals surface area contributed by atoms with Crippen molar-refractivity contribution in [3.63, 3.8) is 0 Å². The first-order valence-electron chi connectivity index (χ1n) is 9.79. The zero-order valence-electron chi connectivity index (χ0n) is 16.5. The van der Waals surface area contributed by atoms with Crippen molar-refractivity contribution < 1.29 is 19.1 Å². The molecule has 146 valence electrons. The van der Waals surface area contributed by atoms with Crippen molar-refractivity contribution in [1.29, 1.82) is 0 Å². The minimum Gasteiger partial charge on any atom is -0.463 e. The third kappa shape index (κ3) is 4.22. The van der Waals surface area contributed by atoms with Gasteiger partial charge in [0, 0.05) is 36.2 Å². The van der Waals surface area contributed by atoms with Crippen molar-refractivity contribution in [2.24, 2.45) is 5.41 Å². The van der Waals surface area contributed by atoms with Crippen LogP contribution >= 0.6 is 0 Å². The van der Waals surface area contributed by atoms with Gasteiger partial charge in [-0.05, 0) is 59.8 Å². The van der Waals surface area contributed by atoms with E-state index < -0.39 is 5.60 Å². The summed E-state index contributed by atoms with van der Waals surface area (Å²) in [6, 6.07) is 0.393. The van der Waals surface area contributed by atoms with Crippen molar-refractivity contribution in [3.8, 4) is 0 Å². The van der Waals surface area contributed by atoms with Crippen LogP contribution in [0.4, 0.5) is 4.79 Å². The second kappa shape index (κ2) is 6.87. The predicted molar refractivity (Wildman–Crippen MR) is 98.8 cm³/mol. The van der Waals surface area contributed by atoms with Crippen LogP contribution in [0.3, 0.4) is 0 Å². The Morgan fingerprint density at radius 3 is 2.50 bits per heavy atom. The number of ether oxygens (including phenoxy) is 2. The molecule has 1 spiro atoms. The lowest BCUT2D eigenvalue weighted by Crippen LogP contribution is -2.58. The van der Waals surface area contributed by atoms with Crippen molar-refractivity contribution in [2.75, 3.05) is 19.7 Å². The molecule has 26 heavy (non-hydrogen) atoms. The van der Waals surface area contributed by atoms with Crippen molar-refractivity contribution >= 4 is 12.1 Å². The highest BCUT2D eigenvalue weighted by Gasteiger charge is 2.55. The van der Waals surface area contributed by atoms with Crippen LogP contribution in [-0.2, 0) is 14.3 Å². The number of hydrogen-bond acceptors (Lipinski definition) is 5. The lowest BCUT2D eigenvalue weighted by Gasteiger charge is -2.49. The molecule has 0 aromatic rings. The number of rotatable bonds is 5. The molecule has 3 aliphatic rings. The van der Waals surface area contributed by atoms with Gasteiger partial charge in [0.05, 0.1) is 6.61 Å². The Hall–Kier alpha value is -1.56. The molecule has 3 fully saturated rings. The molecule has 0 radical (unpaired) electrons. The monoisotopic (exact) mass is 364 g/mol. The number of nitrogens with one attached hydrogen (secondary N) is 1. The van der Waals surface area contributed by atoms with Gasteiger partial charge in [-0.2, -0.15) is 0 Å². The zero-order valence-corrected chi connectivity index (χ0v) is 16.5. The summed E-state index contributed by atoms with van der Waals surface area (Å²) in [6.45, 7) is 9.43. The van der Waals surface area contributed by atoms with Gasteiger partial charge in [-0.25, -0.2) is 9.59 Å². The summed E-state index contributed by atoms with van der Waals surface area (Å²) in [4.78, 5) is 25.8. The van der Waals surface area contributed by atoms with E-state index in [1.165, 1.54) is 0 Å². The molecular weight excluding hydrogens is 332 g/mol. The minimum atomic E-state index is -0.458. The van der Waals surface area contributed by atoms with Gasteiger partial charge in [0.1, 0.15) is 5.60 Å². The summed E-state index contributed by atoms with van der Waals surface area (Å²) in [7, 11) is 0. The Morgan fingerprint density at radius 1 is 1.23 bits per heavy atom. The smallest absolute Gasteiger partial charge is 0.410 e. The summed E-state index contributed by atoms with van der Waals surface area (Å²) in [5.41, 5.74) is -0.367. The van der Waals surface area contributed by atoms with E-state index in [1.54, 1.807) is 6.08 Å². The molecule has 1 aliphatic heterocycles. The Kier molecular flexibility index (Phi) is 5.08. The molecule has 2 atom stereocenters. The third-order valence-electron chi connectivity index (χ3n) is 5.78. The molecule has 6 heteroatoms. The van der Waals surface area contributed by atoms with Gasteiger partial charge in [0.2, 0.25) is 0 Å². The minimum absolute atomic E-state index is 0.0653. The average molecular weight is 364 g/mol. The van der Waals surface area contributed by atoms with Crippen molar-refractivity contribution in [3.05, 3.63) is 12.2 Å². The molecule has 2 saturated carbocycles. The zero-order chi connectivity index (χ0) is 19.0. The number of carbonyl (C=O) groups excluding carboxylic acids is 2. The molecule has 0 aromatic carbocycles. The second-order valence-corrected chi connectivity index (χ2v) is 8.99. The Balaban J connectivity index is 1.55. The first-order valence-corrected chi connectivity index (χ1v) is 9.79. The SMILES string of the molecule is CCOC(=O)/C=C/C1(NC2CC[C@@]23CCN(C(=O)OC(C)(C)C)C3)CC1. The van der Waals surface area contributed by atoms with Gasteiger partial charge in [0.25, 0.3) is 0 Å². The third-order valence-corrected chi connectivity index (χ3v) is 5.78. The molecule has 0 aromatic heterocycles. The highest BCUT2D eigenvalue weighted by Crippen LogP contribution is 2.51. The quantitative estimate of drug-likeness (QED) is 0.600. The molecule has 1 amide bonds. The fourth-order valence-electron chi connectivity index (χ4n) is 4.05. The standard InChI is InChI=1S/C20H32N2O4/c1-5-25-16(23)7-9-20(10-11-20)21-15-6-8-19(15)12-13-22(14-19)17(24)26-18(2,3)4/h7,9,15,21H,5-6,8,10-14H2,1-4H3/b9-7+/t15?,19-/m0/s1. The van der Waals surface area contributed by atoms with Crippen LogP contribution in [0.2, 0.25) is 0 Å². The molecule has 0 bridgehead atoms. The number of likely N-dealkylation sites (tertiary alicyclic amines) is 1. The number of carbonyl (C=O) groups is 2. The Labute approximate surface area is 156 Å². The molecular formula is C20H32N2O4. The molecule has 1 saturated heterocycles. The number of esters is 1. The maximum Gasteiger partial charge on any atom is 0.410 e. The van der Waals surface area contributed by atoms with Gasteiger partial charge >= 0.3 is 12.1 Å². The van der Waals surface area contributed by atoms with Crippen LogP contribution in [-0.4, -0.2) is 53.8 Å². The maximum atomic E-state index is 12.4. The van der Waals surface area contributed by atoms with E-state index in [-0.39, 0.29) is 23.0 Å². The first kappa shape index (κ1) is 19.2. The highest BCUT2D eigenvalue weighted by molar-refractivity contribution is 5.82. The summed E-state index contributed by atoms with van der Waals surface area (Å²) < 4.78 is 10.5. The highest BCUT2D eigenvalue weighted by atomic mass is 16.6. The van der Waals surface area contributed by atoms with Crippen LogP contribution in [0.1, 0.15) is 59.8 Å². The summed E-state index contributed by atoms with van der Waals surface area (Å²) in [5.74, 6) is -0.277. The van der Waals surface area contributed by atoms with Crippen LogP contribution in [0, 0.1) is 5.41 Å². The van der Waals surface area contributed by atoms with E-state index in [0.717, 1.165) is 45.2 Å². The Bertz CT molecular complexity index is 591. The van der Waals surface area contributed by atoms with Crippen LogP contribution < -0.4 is 5.32 Å². The molecule has 3 rings (SSSR count). The van der Waals surface area contributed by atoms with Gasteiger partial charge in [-0.15, -0.1) is 0 Å². The van der Waals surface area contributed by atoms with E-state index >= 15 is 0 Å². The van der Waals surface area contributed by atoms with E-state index in [9.17, 15) is 9.59 Å². The largest absolute Gasteiger partial charge is 0.463 e. The predicted octanol–water partition coefficient (Wildman–Crippen LogP) is 3.02. The summed E-state index contributed by atoms with van der Waals surface area (Å²) in [6.07, 6.45) is 8.69. The van der Waals surface area contributed by atoms with E-state index in [1.807, 2.05) is 38.7 Å². The molecule has 1 N–H and O–H groups in total. The van der Waals surface area contributed by atoms with Crippen LogP contribution in [0.15, 0.2) is 12.2 Å². The van der Waals surface area contributed by atoms with E-state index in [4.69, 9.17) is 9.47 Å². The first-order chi connectivity index (χ1) is 12.2. The van der Waals surface area contributed by atoms with E-state index in [2.05, 4.69) is 5.32 Å². The topological polar surface area (TPSA) is 67.9 Å². The number of nitrogens with zero attached hydrogens (tertiary/aromatic N) is 1. The van der Waals surface area contributed by atoms with E-state index in [0.29, 0.717) is 12.6 Å². The summed E-state index contributed by atoms with van der Waals surface area (Å²) >= 11 is 0. The number of hydrogen-bond donors (Lipinski definition) is 1. The van der Waals surface area contributed by atoms with Crippen LogP contribution in [0.5, 0.6) is 0 Å². The fraction of sp³-hybridized carbons (Fsp3) is 0.800. The number of amides is 1. The molecule has 2 aliphatic carbocycles. The van der Waals surface area contributed by atoms with Gasteiger partial charge in [-0.1, -0.05) is 6.08 Å². The molecule has 1 unspecified atom stereocenters. The molecule has 1 heterocycles. The van der Waals surface area contributed by atoms with Crippen molar-refractivity contribution in [2.45, 2.75) is 77.0 Å². The normalized spacial score (nSPS) is 29.7. The van der Waals surface area contributed by atoms with Gasteiger partial charge < -0.3 is 19.7 Å².